The number of aliphatic hydroxyl groups is 1. The lowest BCUT2D eigenvalue weighted by Gasteiger charge is -2.26. The zero-order valence-corrected chi connectivity index (χ0v) is 12.4. The molecule has 1 heterocycles. The van der Waals surface area contributed by atoms with E-state index in [1.807, 2.05) is 26.0 Å². The number of carbonyl (C=O) groups is 1. The van der Waals surface area contributed by atoms with Crippen molar-refractivity contribution in [2.75, 3.05) is 25.1 Å². The standard InChI is InChI=1S/C14H19ClN2O3/c1-9-5-11(6-10(2)12(9)15)16-13(19)17-14(7-18)3-4-20-8-14/h5-6,18H,3-4,7-8H2,1-2H3,(H2,16,17,19)/t14-/m0/s1. The number of anilines is 1. The Hall–Kier alpha value is -1.30. The summed E-state index contributed by atoms with van der Waals surface area (Å²) in [4.78, 5) is 12.0. The van der Waals surface area contributed by atoms with E-state index in [1.54, 1.807) is 0 Å². The van der Waals surface area contributed by atoms with Gasteiger partial charge in [0.2, 0.25) is 0 Å². The van der Waals surface area contributed by atoms with E-state index >= 15 is 0 Å². The molecule has 1 aliphatic rings. The summed E-state index contributed by atoms with van der Waals surface area (Å²) < 4.78 is 5.24. The first-order chi connectivity index (χ1) is 9.46. The van der Waals surface area contributed by atoms with Gasteiger partial charge < -0.3 is 20.5 Å². The molecule has 2 rings (SSSR count). The van der Waals surface area contributed by atoms with Crippen molar-refractivity contribution >= 4 is 23.3 Å². The minimum absolute atomic E-state index is 0.140. The smallest absolute Gasteiger partial charge is 0.319 e. The second-order valence-corrected chi connectivity index (χ2v) is 5.62. The average Bonchev–Trinajstić information content (AvgIpc) is 2.84. The van der Waals surface area contributed by atoms with Gasteiger partial charge in [-0.3, -0.25) is 0 Å². The molecule has 0 unspecified atom stereocenters. The van der Waals surface area contributed by atoms with Crippen LogP contribution < -0.4 is 10.6 Å². The normalized spacial score (nSPS) is 21.8. The Morgan fingerprint density at radius 3 is 2.60 bits per heavy atom. The third-order valence-electron chi connectivity index (χ3n) is 3.48. The molecule has 110 valence electrons. The number of halogens is 1. The first-order valence-corrected chi connectivity index (χ1v) is 6.88. The predicted molar refractivity (Wildman–Crippen MR) is 78.3 cm³/mol. The molecule has 1 aliphatic heterocycles. The summed E-state index contributed by atoms with van der Waals surface area (Å²) >= 11 is 6.09. The van der Waals surface area contributed by atoms with Crippen LogP contribution in [-0.4, -0.2) is 36.5 Å². The molecular weight excluding hydrogens is 280 g/mol. The monoisotopic (exact) mass is 298 g/mol. The fraction of sp³-hybridized carbons (Fsp3) is 0.500. The van der Waals surface area contributed by atoms with Crippen molar-refractivity contribution in [3.63, 3.8) is 0 Å². The predicted octanol–water partition coefficient (Wildman–Crippen LogP) is 2.23. The Kier molecular flexibility index (Phi) is 4.52. The molecule has 0 aliphatic carbocycles. The Bertz CT molecular complexity index is 490. The molecule has 20 heavy (non-hydrogen) atoms. The van der Waals surface area contributed by atoms with E-state index < -0.39 is 5.54 Å². The lowest BCUT2D eigenvalue weighted by Crippen LogP contribution is -2.53. The average molecular weight is 299 g/mol. The van der Waals surface area contributed by atoms with Crippen molar-refractivity contribution < 1.29 is 14.6 Å². The molecule has 1 saturated heterocycles. The van der Waals surface area contributed by atoms with Crippen molar-refractivity contribution in [1.82, 2.24) is 5.32 Å². The summed E-state index contributed by atoms with van der Waals surface area (Å²) in [5.41, 5.74) is 1.81. The maximum Gasteiger partial charge on any atom is 0.319 e. The number of rotatable bonds is 3. The highest BCUT2D eigenvalue weighted by Crippen LogP contribution is 2.24. The highest BCUT2D eigenvalue weighted by atomic mass is 35.5. The molecule has 1 aromatic carbocycles. The number of nitrogens with one attached hydrogen (secondary N) is 2. The minimum Gasteiger partial charge on any atom is -0.394 e. The molecule has 0 radical (unpaired) electrons. The van der Waals surface area contributed by atoms with Crippen LogP contribution in [0.15, 0.2) is 12.1 Å². The molecule has 2 amide bonds. The Balaban J connectivity index is 2.05. The number of amides is 2. The van der Waals surface area contributed by atoms with Crippen molar-refractivity contribution in [3.8, 4) is 0 Å². The molecule has 3 N–H and O–H groups in total. The summed E-state index contributed by atoms with van der Waals surface area (Å²) in [6.07, 6.45) is 0.607. The molecule has 0 bridgehead atoms. The van der Waals surface area contributed by atoms with Gasteiger partial charge in [-0.25, -0.2) is 4.79 Å². The Morgan fingerprint density at radius 2 is 2.10 bits per heavy atom. The van der Waals surface area contributed by atoms with Gasteiger partial charge >= 0.3 is 6.03 Å². The summed E-state index contributed by atoms with van der Waals surface area (Å²) in [5.74, 6) is 0. The van der Waals surface area contributed by atoms with Crippen LogP contribution in [0.4, 0.5) is 10.5 Å². The lowest BCUT2D eigenvalue weighted by atomic mass is 10.0. The van der Waals surface area contributed by atoms with Crippen LogP contribution in [0.5, 0.6) is 0 Å². The quantitative estimate of drug-likeness (QED) is 0.801. The van der Waals surface area contributed by atoms with E-state index in [2.05, 4.69) is 10.6 Å². The first-order valence-electron chi connectivity index (χ1n) is 6.50. The van der Waals surface area contributed by atoms with Gasteiger partial charge in [0, 0.05) is 17.3 Å². The summed E-state index contributed by atoms with van der Waals surface area (Å²) in [5, 5.41) is 15.7. The molecule has 0 spiro atoms. The zero-order valence-electron chi connectivity index (χ0n) is 11.6. The topological polar surface area (TPSA) is 70.6 Å². The number of urea groups is 1. The molecular formula is C14H19ClN2O3. The van der Waals surface area contributed by atoms with E-state index in [1.165, 1.54) is 0 Å². The van der Waals surface area contributed by atoms with Crippen LogP contribution >= 0.6 is 11.6 Å². The van der Waals surface area contributed by atoms with Gasteiger partial charge in [0.25, 0.3) is 0 Å². The summed E-state index contributed by atoms with van der Waals surface area (Å²) in [6, 6.07) is 3.27. The van der Waals surface area contributed by atoms with Gasteiger partial charge in [-0.2, -0.15) is 0 Å². The molecule has 0 saturated carbocycles. The van der Waals surface area contributed by atoms with Gasteiger partial charge in [-0.15, -0.1) is 0 Å². The molecule has 1 aromatic rings. The van der Waals surface area contributed by atoms with Gasteiger partial charge in [0.05, 0.1) is 18.8 Å². The van der Waals surface area contributed by atoms with Crippen molar-refractivity contribution in [3.05, 3.63) is 28.3 Å². The van der Waals surface area contributed by atoms with E-state index in [9.17, 15) is 9.90 Å². The number of ether oxygens (including phenoxy) is 1. The van der Waals surface area contributed by atoms with E-state index in [0.29, 0.717) is 30.3 Å². The van der Waals surface area contributed by atoms with Gasteiger partial charge in [-0.05, 0) is 43.5 Å². The van der Waals surface area contributed by atoms with Crippen LogP contribution in [0.1, 0.15) is 17.5 Å². The fourth-order valence-corrected chi connectivity index (χ4v) is 2.40. The number of aryl methyl sites for hydroxylation is 2. The van der Waals surface area contributed by atoms with E-state index in [-0.39, 0.29) is 12.6 Å². The molecule has 1 atom stereocenters. The number of hydrogen-bond acceptors (Lipinski definition) is 3. The van der Waals surface area contributed by atoms with Gasteiger partial charge in [0.15, 0.2) is 0 Å². The number of aliphatic hydroxyl groups excluding tert-OH is 1. The number of carbonyl (C=O) groups excluding carboxylic acids is 1. The minimum atomic E-state index is -0.680. The molecule has 0 aromatic heterocycles. The third kappa shape index (κ3) is 3.23. The van der Waals surface area contributed by atoms with Crippen LogP contribution in [-0.2, 0) is 4.74 Å². The molecule has 5 nitrogen and oxygen atoms in total. The van der Waals surface area contributed by atoms with Crippen molar-refractivity contribution in [2.24, 2.45) is 0 Å². The van der Waals surface area contributed by atoms with Crippen molar-refractivity contribution in [1.29, 1.82) is 0 Å². The number of benzene rings is 1. The first kappa shape index (κ1) is 15.1. The van der Waals surface area contributed by atoms with Crippen LogP contribution in [0, 0.1) is 13.8 Å². The van der Waals surface area contributed by atoms with Gasteiger partial charge in [0.1, 0.15) is 0 Å². The summed E-state index contributed by atoms with van der Waals surface area (Å²) in [7, 11) is 0. The number of hydrogen-bond donors (Lipinski definition) is 3. The second-order valence-electron chi connectivity index (χ2n) is 5.24. The third-order valence-corrected chi connectivity index (χ3v) is 4.08. The highest BCUT2D eigenvalue weighted by molar-refractivity contribution is 6.32. The summed E-state index contributed by atoms with van der Waals surface area (Å²) in [6.45, 7) is 4.51. The fourth-order valence-electron chi connectivity index (χ4n) is 2.29. The highest BCUT2D eigenvalue weighted by Gasteiger charge is 2.35. The van der Waals surface area contributed by atoms with Crippen LogP contribution in [0.25, 0.3) is 0 Å². The molecule has 1 fully saturated rings. The van der Waals surface area contributed by atoms with Gasteiger partial charge in [-0.1, -0.05) is 11.6 Å². The zero-order chi connectivity index (χ0) is 14.8. The van der Waals surface area contributed by atoms with Crippen molar-refractivity contribution in [2.45, 2.75) is 25.8 Å². The Morgan fingerprint density at radius 1 is 1.45 bits per heavy atom. The van der Waals surface area contributed by atoms with E-state index in [4.69, 9.17) is 16.3 Å². The Labute approximate surface area is 123 Å². The second kappa shape index (κ2) is 5.99. The lowest BCUT2D eigenvalue weighted by molar-refractivity contribution is 0.126. The maximum atomic E-state index is 12.0. The molecule has 6 heteroatoms. The van der Waals surface area contributed by atoms with Crippen LogP contribution in [0.3, 0.4) is 0 Å². The maximum absolute atomic E-state index is 12.0. The van der Waals surface area contributed by atoms with Crippen LogP contribution in [0.2, 0.25) is 5.02 Å². The van der Waals surface area contributed by atoms with E-state index in [0.717, 1.165) is 11.1 Å². The largest absolute Gasteiger partial charge is 0.394 e. The SMILES string of the molecule is Cc1cc(NC(=O)N[C@]2(CO)CCOC2)cc(C)c1Cl.